The number of ether oxygens (including phenoxy) is 1. The SMILES string of the molecule is CCNC(=O)CCCc1cn(C(=O)C(C)(C)C)c2ccc(OC(C)C)cc12. The van der Waals surface area contributed by atoms with Gasteiger partial charge in [0.25, 0.3) is 0 Å². The van der Waals surface area contributed by atoms with Gasteiger partial charge in [-0.1, -0.05) is 20.8 Å². The number of aryl methyl sites for hydroxylation is 1. The van der Waals surface area contributed by atoms with Crippen molar-refractivity contribution < 1.29 is 14.3 Å². The summed E-state index contributed by atoms with van der Waals surface area (Å²) in [5, 5.41) is 3.84. The van der Waals surface area contributed by atoms with E-state index >= 15 is 0 Å². The highest BCUT2D eigenvalue weighted by Crippen LogP contribution is 2.30. The molecule has 5 heteroatoms. The molecule has 1 amide bonds. The third-order valence-corrected chi connectivity index (χ3v) is 4.31. The van der Waals surface area contributed by atoms with Gasteiger partial charge in [-0.2, -0.15) is 0 Å². The quantitative estimate of drug-likeness (QED) is 0.774. The van der Waals surface area contributed by atoms with Crippen LogP contribution < -0.4 is 10.1 Å². The predicted molar refractivity (Wildman–Crippen MR) is 109 cm³/mol. The Balaban J connectivity index is 2.37. The Kier molecular flexibility index (Phi) is 6.68. The van der Waals surface area contributed by atoms with Crippen LogP contribution in [0.5, 0.6) is 5.75 Å². The molecule has 1 heterocycles. The number of rotatable bonds is 7. The maximum atomic E-state index is 12.9. The fourth-order valence-corrected chi connectivity index (χ4v) is 3.08. The summed E-state index contributed by atoms with van der Waals surface area (Å²) >= 11 is 0. The molecule has 0 unspecified atom stereocenters. The largest absolute Gasteiger partial charge is 0.491 e. The molecule has 0 saturated carbocycles. The van der Waals surface area contributed by atoms with E-state index < -0.39 is 5.41 Å². The summed E-state index contributed by atoms with van der Waals surface area (Å²) < 4.78 is 7.58. The van der Waals surface area contributed by atoms with Crippen molar-refractivity contribution in [3.05, 3.63) is 30.0 Å². The van der Waals surface area contributed by atoms with Gasteiger partial charge in [0.15, 0.2) is 0 Å². The van der Waals surface area contributed by atoms with E-state index in [0.717, 1.165) is 35.1 Å². The molecule has 5 nitrogen and oxygen atoms in total. The van der Waals surface area contributed by atoms with Crippen LogP contribution in [0.3, 0.4) is 0 Å². The van der Waals surface area contributed by atoms with E-state index in [9.17, 15) is 9.59 Å². The van der Waals surface area contributed by atoms with Gasteiger partial charge in [-0.05, 0) is 57.4 Å². The lowest BCUT2D eigenvalue weighted by atomic mass is 9.95. The second-order valence-corrected chi connectivity index (χ2v) is 8.23. The number of carbonyl (C=O) groups excluding carboxylic acids is 2. The monoisotopic (exact) mass is 372 g/mol. The molecule has 2 rings (SSSR count). The maximum Gasteiger partial charge on any atom is 0.236 e. The summed E-state index contributed by atoms with van der Waals surface area (Å²) in [6.45, 7) is 12.3. The Hall–Kier alpha value is -2.30. The third-order valence-electron chi connectivity index (χ3n) is 4.31. The standard InChI is InChI=1S/C22H32N2O3/c1-7-23-20(25)10-8-9-16-14-24(21(26)22(4,5)6)19-12-11-17(13-18(16)19)27-15(2)3/h11-15H,7-10H2,1-6H3,(H,23,25). The molecule has 0 saturated heterocycles. The Morgan fingerprint density at radius 3 is 2.52 bits per heavy atom. The number of amides is 1. The van der Waals surface area contributed by atoms with Gasteiger partial charge in [-0.3, -0.25) is 14.2 Å². The first kappa shape index (κ1) is 21.0. The van der Waals surface area contributed by atoms with Gasteiger partial charge in [-0.15, -0.1) is 0 Å². The first-order valence-corrected chi connectivity index (χ1v) is 9.75. The van der Waals surface area contributed by atoms with Gasteiger partial charge in [0.1, 0.15) is 5.75 Å². The molecule has 1 N–H and O–H groups in total. The summed E-state index contributed by atoms with van der Waals surface area (Å²) in [5.41, 5.74) is 1.48. The lowest BCUT2D eigenvalue weighted by Gasteiger charge is -2.18. The zero-order valence-electron chi connectivity index (χ0n) is 17.4. The number of aromatic nitrogens is 1. The number of hydrogen-bond acceptors (Lipinski definition) is 3. The molecule has 148 valence electrons. The van der Waals surface area contributed by atoms with Crippen molar-refractivity contribution in [1.29, 1.82) is 0 Å². The van der Waals surface area contributed by atoms with Crippen LogP contribution in [0.2, 0.25) is 0 Å². The van der Waals surface area contributed by atoms with E-state index in [1.54, 1.807) is 4.57 Å². The van der Waals surface area contributed by atoms with Gasteiger partial charge in [-0.25, -0.2) is 0 Å². The van der Waals surface area contributed by atoms with Crippen molar-refractivity contribution >= 4 is 22.7 Å². The highest BCUT2D eigenvalue weighted by atomic mass is 16.5. The van der Waals surface area contributed by atoms with Crippen molar-refractivity contribution in [3.63, 3.8) is 0 Å². The Morgan fingerprint density at radius 1 is 1.22 bits per heavy atom. The minimum absolute atomic E-state index is 0.0556. The van der Waals surface area contributed by atoms with Gasteiger partial charge in [0.2, 0.25) is 11.8 Å². The fourth-order valence-electron chi connectivity index (χ4n) is 3.08. The average Bonchev–Trinajstić information content (AvgIpc) is 2.91. The molecule has 0 radical (unpaired) electrons. The molecule has 1 aromatic carbocycles. The van der Waals surface area contributed by atoms with Crippen LogP contribution in [0.25, 0.3) is 10.9 Å². The molecule has 2 aromatic rings. The molecule has 0 spiro atoms. The fraction of sp³-hybridized carbons (Fsp3) is 0.545. The van der Waals surface area contributed by atoms with Crippen LogP contribution in [0.1, 0.15) is 64.7 Å². The number of nitrogens with one attached hydrogen (secondary N) is 1. The second-order valence-electron chi connectivity index (χ2n) is 8.23. The molecule has 27 heavy (non-hydrogen) atoms. The first-order valence-electron chi connectivity index (χ1n) is 9.75. The normalized spacial score (nSPS) is 11.8. The van der Waals surface area contributed by atoms with Crippen LogP contribution in [-0.4, -0.2) is 29.0 Å². The average molecular weight is 373 g/mol. The van der Waals surface area contributed by atoms with Crippen LogP contribution in [0, 0.1) is 5.41 Å². The van der Waals surface area contributed by atoms with E-state index in [4.69, 9.17) is 4.74 Å². The number of hydrogen-bond donors (Lipinski definition) is 1. The Bertz CT molecular complexity index is 813. The first-order chi connectivity index (χ1) is 12.6. The van der Waals surface area contributed by atoms with E-state index in [2.05, 4.69) is 5.32 Å². The minimum Gasteiger partial charge on any atom is -0.491 e. The zero-order valence-corrected chi connectivity index (χ0v) is 17.4. The number of benzene rings is 1. The highest BCUT2D eigenvalue weighted by molar-refractivity contribution is 5.97. The number of fused-ring (bicyclic) bond motifs is 1. The lowest BCUT2D eigenvalue weighted by Crippen LogP contribution is -2.26. The van der Waals surface area contributed by atoms with Crippen LogP contribution in [0.4, 0.5) is 0 Å². The van der Waals surface area contributed by atoms with E-state index in [-0.39, 0.29) is 17.9 Å². The van der Waals surface area contributed by atoms with Gasteiger partial charge in [0.05, 0.1) is 11.6 Å². The van der Waals surface area contributed by atoms with Crippen molar-refractivity contribution in [2.24, 2.45) is 5.41 Å². The van der Waals surface area contributed by atoms with Crippen LogP contribution >= 0.6 is 0 Å². The van der Waals surface area contributed by atoms with Crippen LogP contribution in [0.15, 0.2) is 24.4 Å². The zero-order chi connectivity index (χ0) is 20.2. The molecule has 0 atom stereocenters. The molecular weight excluding hydrogens is 340 g/mol. The molecule has 0 fully saturated rings. The third kappa shape index (κ3) is 5.34. The van der Waals surface area contributed by atoms with E-state index in [1.165, 1.54) is 0 Å². The van der Waals surface area contributed by atoms with Crippen molar-refractivity contribution in [2.75, 3.05) is 6.54 Å². The molecular formula is C22H32N2O3. The Labute approximate surface area is 162 Å². The molecule has 1 aromatic heterocycles. The Morgan fingerprint density at radius 2 is 1.93 bits per heavy atom. The van der Waals surface area contributed by atoms with E-state index in [0.29, 0.717) is 13.0 Å². The number of nitrogens with zero attached hydrogens (tertiary/aromatic N) is 1. The molecule has 0 bridgehead atoms. The van der Waals surface area contributed by atoms with Gasteiger partial charge >= 0.3 is 0 Å². The maximum absolute atomic E-state index is 12.9. The van der Waals surface area contributed by atoms with Gasteiger partial charge in [0, 0.05) is 30.0 Å². The topological polar surface area (TPSA) is 60.3 Å². The summed E-state index contributed by atoms with van der Waals surface area (Å²) in [7, 11) is 0. The molecule has 0 aliphatic heterocycles. The summed E-state index contributed by atoms with van der Waals surface area (Å²) in [5.74, 6) is 0.916. The van der Waals surface area contributed by atoms with Crippen molar-refractivity contribution in [2.45, 2.75) is 66.9 Å². The van der Waals surface area contributed by atoms with Crippen molar-refractivity contribution in [3.8, 4) is 5.75 Å². The van der Waals surface area contributed by atoms with Gasteiger partial charge < -0.3 is 10.1 Å². The molecule has 0 aliphatic rings. The van der Waals surface area contributed by atoms with Crippen molar-refractivity contribution in [1.82, 2.24) is 9.88 Å². The molecule has 0 aliphatic carbocycles. The minimum atomic E-state index is -0.475. The lowest BCUT2D eigenvalue weighted by molar-refractivity contribution is -0.121. The highest BCUT2D eigenvalue weighted by Gasteiger charge is 2.25. The predicted octanol–water partition coefficient (Wildman–Crippen LogP) is 4.57. The second kappa shape index (κ2) is 8.59. The summed E-state index contributed by atoms with van der Waals surface area (Å²) in [6, 6.07) is 5.86. The van der Waals surface area contributed by atoms with E-state index in [1.807, 2.05) is 65.9 Å². The summed E-state index contributed by atoms with van der Waals surface area (Å²) in [6.07, 6.45) is 3.97. The smallest absolute Gasteiger partial charge is 0.236 e. The summed E-state index contributed by atoms with van der Waals surface area (Å²) in [4.78, 5) is 24.6. The van der Waals surface area contributed by atoms with Crippen LogP contribution in [-0.2, 0) is 11.2 Å². The number of carbonyl (C=O) groups is 2.